The molecule has 3 unspecified atom stereocenters. The van der Waals surface area contributed by atoms with Crippen molar-refractivity contribution in [2.45, 2.75) is 31.8 Å². The predicted molar refractivity (Wildman–Crippen MR) is 101 cm³/mol. The molecule has 4 rings (SSSR count). The summed E-state index contributed by atoms with van der Waals surface area (Å²) in [6.07, 6.45) is 4.79. The molecular formula is C20H28N4O3. The van der Waals surface area contributed by atoms with E-state index in [4.69, 9.17) is 0 Å². The topological polar surface area (TPSA) is 77.0 Å². The number of hydrogen-bond donors (Lipinski definition) is 1. The molecule has 7 nitrogen and oxygen atoms in total. The van der Waals surface area contributed by atoms with Gasteiger partial charge in [0, 0.05) is 38.9 Å². The fourth-order valence-corrected chi connectivity index (χ4v) is 4.68. The van der Waals surface area contributed by atoms with Crippen molar-refractivity contribution >= 4 is 17.6 Å². The fraction of sp³-hybridized carbons (Fsp3) is 0.650. The minimum atomic E-state index is -0.695. The highest BCUT2D eigenvalue weighted by atomic mass is 16.3. The Labute approximate surface area is 160 Å². The predicted octanol–water partition coefficient (Wildman–Crippen LogP) is 0.740. The smallest absolute Gasteiger partial charge is 0.233 e. The molecular weight excluding hydrogens is 344 g/mol. The number of piperazine rings is 1. The monoisotopic (exact) mass is 372 g/mol. The zero-order chi connectivity index (χ0) is 18.8. The van der Waals surface area contributed by atoms with Gasteiger partial charge in [0.25, 0.3) is 0 Å². The van der Waals surface area contributed by atoms with Crippen LogP contribution < -0.4 is 4.90 Å². The number of aromatic nitrogens is 1. The molecule has 0 spiro atoms. The largest absolute Gasteiger partial charge is 0.390 e. The van der Waals surface area contributed by atoms with Crippen LogP contribution in [0.15, 0.2) is 24.4 Å². The Morgan fingerprint density at radius 1 is 1.00 bits per heavy atom. The first-order valence-corrected chi connectivity index (χ1v) is 10.0. The van der Waals surface area contributed by atoms with Crippen molar-refractivity contribution in [2.24, 2.45) is 11.8 Å². The number of aliphatic hydroxyl groups is 1. The average Bonchev–Trinajstić information content (AvgIpc) is 2.94. The first-order chi connectivity index (χ1) is 13.1. The van der Waals surface area contributed by atoms with Gasteiger partial charge in [-0.15, -0.1) is 0 Å². The van der Waals surface area contributed by atoms with E-state index >= 15 is 0 Å². The molecule has 146 valence electrons. The number of aliphatic hydroxyl groups excluding tert-OH is 1. The SMILES string of the molecule is O=C1C2CCCCC2C(=O)N1CC(O)CN1CCN(c2ccccn2)CC1. The van der Waals surface area contributed by atoms with Gasteiger partial charge in [0.2, 0.25) is 11.8 Å². The molecule has 0 radical (unpaired) electrons. The van der Waals surface area contributed by atoms with Crippen LogP contribution in [0.2, 0.25) is 0 Å². The van der Waals surface area contributed by atoms with Crippen molar-refractivity contribution < 1.29 is 14.7 Å². The van der Waals surface area contributed by atoms with Crippen LogP contribution in [0, 0.1) is 11.8 Å². The summed E-state index contributed by atoms with van der Waals surface area (Å²) in [5.41, 5.74) is 0. The van der Waals surface area contributed by atoms with E-state index < -0.39 is 6.10 Å². The fourth-order valence-electron chi connectivity index (χ4n) is 4.68. The summed E-state index contributed by atoms with van der Waals surface area (Å²) in [4.78, 5) is 35.2. The highest BCUT2D eigenvalue weighted by Gasteiger charge is 2.48. The van der Waals surface area contributed by atoms with Gasteiger partial charge in [0.1, 0.15) is 5.82 Å². The molecule has 3 atom stereocenters. The minimum absolute atomic E-state index is 0.0660. The summed E-state index contributed by atoms with van der Waals surface area (Å²) < 4.78 is 0. The van der Waals surface area contributed by atoms with E-state index in [1.54, 1.807) is 6.20 Å². The summed E-state index contributed by atoms with van der Waals surface area (Å²) in [5.74, 6) is 0.571. The molecule has 3 heterocycles. The zero-order valence-corrected chi connectivity index (χ0v) is 15.7. The molecule has 1 N–H and O–H groups in total. The summed E-state index contributed by atoms with van der Waals surface area (Å²) in [7, 11) is 0. The van der Waals surface area contributed by atoms with Gasteiger partial charge in [-0.3, -0.25) is 19.4 Å². The molecule has 1 saturated carbocycles. The third-order valence-corrected chi connectivity index (χ3v) is 6.14. The lowest BCUT2D eigenvalue weighted by Gasteiger charge is -2.36. The van der Waals surface area contributed by atoms with E-state index in [1.807, 2.05) is 18.2 Å². The van der Waals surface area contributed by atoms with Crippen molar-refractivity contribution in [3.8, 4) is 0 Å². The van der Waals surface area contributed by atoms with Crippen molar-refractivity contribution in [1.82, 2.24) is 14.8 Å². The molecule has 2 amide bonds. The van der Waals surface area contributed by atoms with Gasteiger partial charge < -0.3 is 10.0 Å². The standard InChI is InChI=1S/C20H28N4O3/c25-15(14-24-19(26)16-5-1-2-6-17(16)20(24)27)13-22-9-11-23(12-10-22)18-7-3-4-8-21-18/h3-4,7-8,15-17,25H,1-2,5-6,9-14H2. The van der Waals surface area contributed by atoms with Gasteiger partial charge in [-0.1, -0.05) is 18.9 Å². The van der Waals surface area contributed by atoms with Crippen molar-refractivity contribution in [3.05, 3.63) is 24.4 Å². The van der Waals surface area contributed by atoms with Crippen LogP contribution >= 0.6 is 0 Å². The second-order valence-electron chi connectivity index (χ2n) is 7.91. The number of hydrogen-bond acceptors (Lipinski definition) is 6. The molecule has 1 aromatic rings. The average molecular weight is 372 g/mol. The Hall–Kier alpha value is -1.99. The molecule has 3 fully saturated rings. The molecule has 1 aliphatic carbocycles. The molecule has 0 aromatic carbocycles. The summed E-state index contributed by atoms with van der Waals surface area (Å²) in [6, 6.07) is 5.90. The number of amides is 2. The van der Waals surface area contributed by atoms with Gasteiger partial charge >= 0.3 is 0 Å². The lowest BCUT2D eigenvalue weighted by atomic mass is 9.81. The lowest BCUT2D eigenvalue weighted by molar-refractivity contribution is -0.141. The third-order valence-electron chi connectivity index (χ3n) is 6.14. The van der Waals surface area contributed by atoms with Gasteiger partial charge in [-0.05, 0) is 25.0 Å². The van der Waals surface area contributed by atoms with E-state index in [1.165, 1.54) is 4.90 Å². The first kappa shape index (κ1) is 18.4. The van der Waals surface area contributed by atoms with Gasteiger partial charge in [0.05, 0.1) is 24.5 Å². The summed E-state index contributed by atoms with van der Waals surface area (Å²) in [5, 5.41) is 10.5. The molecule has 3 aliphatic rings. The van der Waals surface area contributed by atoms with E-state index in [9.17, 15) is 14.7 Å². The number of carbonyl (C=O) groups excluding carboxylic acids is 2. The lowest BCUT2D eigenvalue weighted by Crippen LogP contribution is -2.50. The first-order valence-electron chi connectivity index (χ1n) is 10.0. The number of likely N-dealkylation sites (tertiary alicyclic amines) is 1. The Balaban J connectivity index is 1.27. The van der Waals surface area contributed by atoms with Gasteiger partial charge in [-0.2, -0.15) is 0 Å². The molecule has 1 aromatic heterocycles. The van der Waals surface area contributed by atoms with E-state index in [0.29, 0.717) is 6.54 Å². The summed E-state index contributed by atoms with van der Waals surface area (Å²) >= 11 is 0. The van der Waals surface area contributed by atoms with Gasteiger partial charge in [-0.25, -0.2) is 4.98 Å². The van der Waals surface area contributed by atoms with Crippen LogP contribution in [0.25, 0.3) is 0 Å². The number of rotatable bonds is 5. The highest BCUT2D eigenvalue weighted by molar-refractivity contribution is 6.05. The van der Waals surface area contributed by atoms with Crippen LogP contribution in [-0.4, -0.2) is 77.1 Å². The summed E-state index contributed by atoms with van der Waals surface area (Å²) in [6.45, 7) is 4.00. The van der Waals surface area contributed by atoms with Crippen molar-refractivity contribution in [2.75, 3.05) is 44.2 Å². The normalized spacial score (nSPS) is 27.7. The van der Waals surface area contributed by atoms with Crippen molar-refractivity contribution in [1.29, 1.82) is 0 Å². The number of fused-ring (bicyclic) bond motifs is 1. The van der Waals surface area contributed by atoms with E-state index in [2.05, 4.69) is 14.8 Å². The molecule has 27 heavy (non-hydrogen) atoms. The van der Waals surface area contributed by atoms with Gasteiger partial charge in [0.15, 0.2) is 0 Å². The Morgan fingerprint density at radius 2 is 1.67 bits per heavy atom. The second-order valence-corrected chi connectivity index (χ2v) is 7.91. The maximum Gasteiger partial charge on any atom is 0.233 e. The molecule has 2 saturated heterocycles. The number of nitrogens with zero attached hydrogens (tertiary/aromatic N) is 4. The number of imide groups is 1. The molecule has 2 aliphatic heterocycles. The third kappa shape index (κ3) is 3.84. The minimum Gasteiger partial charge on any atom is -0.390 e. The Bertz CT molecular complexity index is 651. The zero-order valence-electron chi connectivity index (χ0n) is 15.7. The number of carbonyl (C=O) groups is 2. The molecule has 0 bridgehead atoms. The maximum atomic E-state index is 12.5. The van der Waals surface area contributed by atoms with E-state index in [-0.39, 0.29) is 30.2 Å². The number of anilines is 1. The highest BCUT2D eigenvalue weighted by Crippen LogP contribution is 2.38. The second kappa shape index (κ2) is 7.94. The van der Waals surface area contributed by atoms with Crippen molar-refractivity contribution in [3.63, 3.8) is 0 Å². The Morgan fingerprint density at radius 3 is 2.26 bits per heavy atom. The van der Waals surface area contributed by atoms with E-state index in [0.717, 1.165) is 57.7 Å². The van der Waals surface area contributed by atoms with Crippen LogP contribution in [0.1, 0.15) is 25.7 Å². The molecule has 7 heteroatoms. The quantitative estimate of drug-likeness (QED) is 0.769. The van der Waals surface area contributed by atoms with Crippen LogP contribution in [0.4, 0.5) is 5.82 Å². The van der Waals surface area contributed by atoms with Crippen LogP contribution in [-0.2, 0) is 9.59 Å². The van der Waals surface area contributed by atoms with Crippen LogP contribution in [0.5, 0.6) is 0 Å². The maximum absolute atomic E-state index is 12.5. The Kier molecular flexibility index (Phi) is 5.41. The number of pyridine rings is 1. The number of β-amino-alcohol motifs (C(OH)–C–C–N with tert-alkyl or cyclic N) is 1. The van der Waals surface area contributed by atoms with Crippen LogP contribution in [0.3, 0.4) is 0 Å².